The maximum absolute atomic E-state index is 12.8. The second-order valence-corrected chi connectivity index (χ2v) is 4.89. The summed E-state index contributed by atoms with van der Waals surface area (Å²) in [7, 11) is 1.57. The van der Waals surface area contributed by atoms with Crippen LogP contribution in [0.15, 0.2) is 42.5 Å². The number of carbonyl (C=O) groups excluding carboxylic acids is 1. The summed E-state index contributed by atoms with van der Waals surface area (Å²) in [5.41, 5.74) is 1.23. The zero-order chi connectivity index (χ0) is 15.2. The monoisotopic (exact) mass is 307 g/mol. The van der Waals surface area contributed by atoms with Crippen molar-refractivity contribution in [3.63, 3.8) is 0 Å². The van der Waals surface area contributed by atoms with Gasteiger partial charge in [0.15, 0.2) is 5.78 Å². The van der Waals surface area contributed by atoms with E-state index in [9.17, 15) is 9.18 Å². The number of carbonyl (C=O) groups is 1. The Morgan fingerprint density at radius 1 is 1.24 bits per heavy atom. The van der Waals surface area contributed by atoms with Crippen LogP contribution in [-0.2, 0) is 0 Å². The Kier molecular flexibility index (Phi) is 5.17. The Bertz CT molecular complexity index is 629. The van der Waals surface area contributed by atoms with Crippen LogP contribution in [0.4, 0.5) is 10.1 Å². The number of Topliss-reactive ketones (excluding diaryl/α,β-unsaturated/α-hetero) is 1. The van der Waals surface area contributed by atoms with Crippen molar-refractivity contribution in [3.8, 4) is 5.75 Å². The molecule has 1 N–H and O–H groups in total. The minimum Gasteiger partial charge on any atom is -0.495 e. The normalized spacial score (nSPS) is 10.2. The highest BCUT2D eigenvalue weighted by molar-refractivity contribution is 6.30. The van der Waals surface area contributed by atoms with Crippen molar-refractivity contribution < 1.29 is 13.9 Å². The molecule has 0 aliphatic heterocycles. The fourth-order valence-electron chi connectivity index (χ4n) is 1.91. The van der Waals surface area contributed by atoms with E-state index in [1.165, 1.54) is 24.3 Å². The van der Waals surface area contributed by atoms with E-state index in [-0.39, 0.29) is 11.6 Å². The number of ketones is 1. The van der Waals surface area contributed by atoms with Crippen LogP contribution < -0.4 is 10.1 Å². The molecule has 0 aromatic heterocycles. The van der Waals surface area contributed by atoms with Crippen molar-refractivity contribution in [3.05, 3.63) is 58.9 Å². The van der Waals surface area contributed by atoms with Crippen LogP contribution in [0.5, 0.6) is 5.75 Å². The quantitative estimate of drug-likeness (QED) is 0.814. The highest BCUT2D eigenvalue weighted by Crippen LogP contribution is 2.27. The number of anilines is 1. The Hall–Kier alpha value is -2.07. The number of benzene rings is 2. The van der Waals surface area contributed by atoms with E-state index in [4.69, 9.17) is 16.3 Å². The standard InChI is InChI=1S/C16H15ClFNO2/c1-21-16-7-4-12(17)10-14(16)19-9-8-15(20)11-2-5-13(18)6-3-11/h2-7,10,19H,8-9H2,1H3. The predicted octanol–water partition coefficient (Wildman–Crippen LogP) is 4.17. The Morgan fingerprint density at radius 2 is 1.95 bits per heavy atom. The topological polar surface area (TPSA) is 38.3 Å². The van der Waals surface area contributed by atoms with E-state index >= 15 is 0 Å². The molecule has 0 atom stereocenters. The molecule has 0 unspecified atom stereocenters. The molecule has 0 heterocycles. The number of halogens is 2. The first kappa shape index (κ1) is 15.3. The summed E-state index contributed by atoms with van der Waals surface area (Å²) in [5, 5.41) is 3.70. The summed E-state index contributed by atoms with van der Waals surface area (Å²) in [6, 6.07) is 10.8. The lowest BCUT2D eigenvalue weighted by atomic mass is 10.1. The number of rotatable bonds is 6. The molecule has 2 aromatic rings. The Balaban J connectivity index is 1.93. The first-order valence-corrected chi connectivity index (χ1v) is 6.84. The van der Waals surface area contributed by atoms with Gasteiger partial charge in [-0.15, -0.1) is 0 Å². The molecule has 0 saturated heterocycles. The maximum Gasteiger partial charge on any atom is 0.164 e. The minimum absolute atomic E-state index is 0.0523. The number of hydrogen-bond donors (Lipinski definition) is 1. The zero-order valence-electron chi connectivity index (χ0n) is 11.5. The lowest BCUT2D eigenvalue weighted by molar-refractivity contribution is 0.0986. The van der Waals surface area contributed by atoms with Gasteiger partial charge in [-0.05, 0) is 42.5 Å². The molecule has 0 radical (unpaired) electrons. The third-order valence-electron chi connectivity index (χ3n) is 3.00. The third kappa shape index (κ3) is 4.20. The fraction of sp³-hybridized carbons (Fsp3) is 0.188. The minimum atomic E-state index is -0.353. The Morgan fingerprint density at radius 3 is 2.62 bits per heavy atom. The van der Waals surface area contributed by atoms with Gasteiger partial charge in [-0.1, -0.05) is 11.6 Å². The largest absolute Gasteiger partial charge is 0.495 e. The van der Waals surface area contributed by atoms with Crippen molar-refractivity contribution >= 4 is 23.1 Å². The van der Waals surface area contributed by atoms with Crippen molar-refractivity contribution in [2.45, 2.75) is 6.42 Å². The van der Waals surface area contributed by atoms with Gasteiger partial charge in [0.05, 0.1) is 12.8 Å². The van der Waals surface area contributed by atoms with Gasteiger partial charge in [-0.25, -0.2) is 4.39 Å². The SMILES string of the molecule is COc1ccc(Cl)cc1NCCC(=O)c1ccc(F)cc1. The molecule has 110 valence electrons. The first-order valence-electron chi connectivity index (χ1n) is 6.46. The van der Waals surface area contributed by atoms with Crippen molar-refractivity contribution in [1.82, 2.24) is 0 Å². The molecule has 2 aromatic carbocycles. The van der Waals surface area contributed by atoms with E-state index < -0.39 is 0 Å². The molecular formula is C16H15ClFNO2. The molecule has 21 heavy (non-hydrogen) atoms. The zero-order valence-corrected chi connectivity index (χ0v) is 12.3. The van der Waals surface area contributed by atoms with Crippen LogP contribution >= 0.6 is 11.6 Å². The molecular weight excluding hydrogens is 293 g/mol. The van der Waals surface area contributed by atoms with E-state index in [2.05, 4.69) is 5.32 Å². The lowest BCUT2D eigenvalue weighted by Crippen LogP contribution is -2.09. The van der Waals surface area contributed by atoms with Gasteiger partial charge in [-0.3, -0.25) is 4.79 Å². The number of ether oxygens (including phenoxy) is 1. The smallest absolute Gasteiger partial charge is 0.164 e. The van der Waals surface area contributed by atoms with Gasteiger partial charge in [-0.2, -0.15) is 0 Å². The average Bonchev–Trinajstić information content (AvgIpc) is 2.48. The van der Waals surface area contributed by atoms with Gasteiger partial charge in [0.25, 0.3) is 0 Å². The number of methoxy groups -OCH3 is 1. The van der Waals surface area contributed by atoms with E-state index in [1.807, 2.05) is 0 Å². The predicted molar refractivity (Wildman–Crippen MR) is 81.8 cm³/mol. The molecule has 0 saturated carbocycles. The van der Waals surface area contributed by atoms with Crippen LogP contribution in [0.1, 0.15) is 16.8 Å². The first-order chi connectivity index (χ1) is 10.1. The maximum atomic E-state index is 12.8. The summed E-state index contributed by atoms with van der Waals surface area (Å²) in [5.74, 6) is 0.255. The molecule has 0 aliphatic carbocycles. The van der Waals surface area contributed by atoms with Gasteiger partial charge in [0.1, 0.15) is 11.6 Å². The van der Waals surface area contributed by atoms with Crippen LogP contribution in [0.25, 0.3) is 0 Å². The van der Waals surface area contributed by atoms with Crippen LogP contribution in [0.3, 0.4) is 0 Å². The number of nitrogens with one attached hydrogen (secondary N) is 1. The average molecular weight is 308 g/mol. The molecule has 0 spiro atoms. The molecule has 0 bridgehead atoms. The van der Waals surface area contributed by atoms with Gasteiger partial charge in [0.2, 0.25) is 0 Å². The van der Waals surface area contributed by atoms with Crippen LogP contribution in [0.2, 0.25) is 5.02 Å². The highest BCUT2D eigenvalue weighted by atomic mass is 35.5. The molecule has 0 fully saturated rings. The van der Waals surface area contributed by atoms with Crippen LogP contribution in [0, 0.1) is 5.82 Å². The summed E-state index contributed by atoms with van der Waals surface area (Å²) in [6.07, 6.45) is 0.293. The molecule has 0 amide bonds. The fourth-order valence-corrected chi connectivity index (χ4v) is 2.08. The van der Waals surface area contributed by atoms with E-state index in [0.717, 1.165) is 5.69 Å². The molecule has 2 rings (SSSR count). The molecule has 5 heteroatoms. The third-order valence-corrected chi connectivity index (χ3v) is 3.23. The van der Waals surface area contributed by atoms with Gasteiger partial charge >= 0.3 is 0 Å². The molecule has 0 aliphatic rings. The van der Waals surface area contributed by atoms with Crippen LogP contribution in [-0.4, -0.2) is 19.4 Å². The second-order valence-electron chi connectivity index (χ2n) is 4.45. The van der Waals surface area contributed by atoms with Crippen molar-refractivity contribution in [1.29, 1.82) is 0 Å². The van der Waals surface area contributed by atoms with E-state index in [0.29, 0.717) is 29.3 Å². The highest BCUT2D eigenvalue weighted by Gasteiger charge is 2.07. The van der Waals surface area contributed by atoms with Crippen molar-refractivity contribution in [2.75, 3.05) is 19.0 Å². The van der Waals surface area contributed by atoms with Crippen molar-refractivity contribution in [2.24, 2.45) is 0 Å². The summed E-state index contributed by atoms with van der Waals surface area (Å²) >= 11 is 5.93. The summed E-state index contributed by atoms with van der Waals surface area (Å²) in [4.78, 5) is 11.9. The summed E-state index contributed by atoms with van der Waals surface area (Å²) < 4.78 is 18.0. The van der Waals surface area contributed by atoms with E-state index in [1.54, 1.807) is 25.3 Å². The number of hydrogen-bond acceptors (Lipinski definition) is 3. The van der Waals surface area contributed by atoms with Gasteiger partial charge < -0.3 is 10.1 Å². The van der Waals surface area contributed by atoms with Gasteiger partial charge in [0, 0.05) is 23.6 Å². The molecule has 3 nitrogen and oxygen atoms in total. The Labute approximate surface area is 127 Å². The lowest BCUT2D eigenvalue weighted by Gasteiger charge is -2.11. The second kappa shape index (κ2) is 7.09. The summed E-state index contributed by atoms with van der Waals surface area (Å²) in [6.45, 7) is 0.437.